The molecule has 0 aliphatic heterocycles. The Morgan fingerprint density at radius 2 is 2.27 bits per heavy atom. The monoisotopic (exact) mass is 208 g/mol. The Morgan fingerprint density at radius 1 is 1.53 bits per heavy atom. The highest BCUT2D eigenvalue weighted by Crippen LogP contribution is 2.09. The number of aliphatic hydroxyl groups is 1. The van der Waals surface area contributed by atoms with Crippen LogP contribution in [0.4, 0.5) is 0 Å². The lowest BCUT2D eigenvalue weighted by Crippen LogP contribution is -2.23. The lowest BCUT2D eigenvalue weighted by atomic mass is 10.5. The summed E-state index contributed by atoms with van der Waals surface area (Å²) in [6, 6.07) is 0. The zero-order valence-electron chi connectivity index (χ0n) is 7.60. The van der Waals surface area contributed by atoms with Gasteiger partial charge in [0.2, 0.25) is 0 Å². The minimum atomic E-state index is -1.03. The van der Waals surface area contributed by atoms with Gasteiger partial charge in [-0.2, -0.15) is 0 Å². The SMILES string of the molecule is C=CC(O)n1cnc2c(=O)[nH]c(=O)[nH]c21. The van der Waals surface area contributed by atoms with E-state index in [0.717, 1.165) is 0 Å². The summed E-state index contributed by atoms with van der Waals surface area (Å²) in [6.07, 6.45) is 1.47. The van der Waals surface area contributed by atoms with E-state index in [2.05, 4.69) is 16.5 Å². The third-order valence-electron chi connectivity index (χ3n) is 1.96. The van der Waals surface area contributed by atoms with Gasteiger partial charge in [0, 0.05) is 0 Å². The van der Waals surface area contributed by atoms with Crippen LogP contribution in [-0.2, 0) is 0 Å². The highest BCUT2D eigenvalue weighted by molar-refractivity contribution is 5.68. The van der Waals surface area contributed by atoms with Crippen molar-refractivity contribution >= 4 is 11.2 Å². The molecule has 0 amide bonds. The molecule has 0 aromatic carbocycles. The molecule has 0 aliphatic rings. The summed E-state index contributed by atoms with van der Waals surface area (Å²) < 4.78 is 1.24. The van der Waals surface area contributed by atoms with Gasteiger partial charge in [-0.25, -0.2) is 9.78 Å². The molecule has 2 aromatic heterocycles. The average Bonchev–Trinajstić information content (AvgIpc) is 2.60. The van der Waals surface area contributed by atoms with Crippen molar-refractivity contribution in [2.24, 2.45) is 0 Å². The van der Waals surface area contributed by atoms with Crippen molar-refractivity contribution in [2.45, 2.75) is 6.23 Å². The van der Waals surface area contributed by atoms with E-state index < -0.39 is 17.5 Å². The third-order valence-corrected chi connectivity index (χ3v) is 1.96. The minimum Gasteiger partial charge on any atom is -0.369 e. The number of hydrogen-bond donors (Lipinski definition) is 3. The Bertz CT molecular complexity index is 621. The largest absolute Gasteiger partial charge is 0.369 e. The van der Waals surface area contributed by atoms with Gasteiger partial charge in [-0.15, -0.1) is 0 Å². The van der Waals surface area contributed by atoms with Gasteiger partial charge >= 0.3 is 5.69 Å². The summed E-state index contributed by atoms with van der Waals surface area (Å²) in [4.78, 5) is 30.4. The standard InChI is InChI=1S/C8H8N4O3/c1-2-4(13)12-3-9-5-6(12)10-8(15)11-7(5)14/h2-4,13H,1H2,(H2,10,11,14,15). The summed E-state index contributed by atoms with van der Waals surface area (Å²) in [5.74, 6) is 0. The molecule has 0 aliphatic carbocycles. The summed E-state index contributed by atoms with van der Waals surface area (Å²) in [6.45, 7) is 3.39. The molecular formula is C8H8N4O3. The van der Waals surface area contributed by atoms with Gasteiger partial charge in [-0.05, 0) is 6.08 Å². The number of aromatic nitrogens is 4. The van der Waals surface area contributed by atoms with Crippen LogP contribution < -0.4 is 11.2 Å². The van der Waals surface area contributed by atoms with Gasteiger partial charge in [0.25, 0.3) is 5.56 Å². The zero-order valence-corrected chi connectivity index (χ0v) is 7.60. The van der Waals surface area contributed by atoms with Crippen molar-refractivity contribution in [2.75, 3.05) is 0 Å². The topological polar surface area (TPSA) is 104 Å². The average molecular weight is 208 g/mol. The number of nitrogens with zero attached hydrogens (tertiary/aromatic N) is 2. The van der Waals surface area contributed by atoms with Crippen LogP contribution in [0.15, 0.2) is 28.6 Å². The van der Waals surface area contributed by atoms with Gasteiger partial charge in [0.05, 0.1) is 6.33 Å². The van der Waals surface area contributed by atoms with Crippen LogP contribution in [0.5, 0.6) is 0 Å². The predicted molar refractivity (Wildman–Crippen MR) is 52.4 cm³/mol. The van der Waals surface area contributed by atoms with Crippen molar-refractivity contribution in [1.82, 2.24) is 19.5 Å². The predicted octanol–water partition coefficient (Wildman–Crippen LogP) is -0.910. The molecule has 0 radical (unpaired) electrons. The second-order valence-corrected chi connectivity index (χ2v) is 2.91. The van der Waals surface area contributed by atoms with E-state index in [1.54, 1.807) is 0 Å². The number of imidazole rings is 1. The van der Waals surface area contributed by atoms with Crippen molar-refractivity contribution < 1.29 is 5.11 Å². The second kappa shape index (κ2) is 3.21. The summed E-state index contributed by atoms with van der Waals surface area (Å²) in [5.41, 5.74) is -1.01. The highest BCUT2D eigenvalue weighted by atomic mass is 16.3. The molecular weight excluding hydrogens is 200 g/mol. The van der Waals surface area contributed by atoms with Crippen LogP contribution in [0.3, 0.4) is 0 Å². The maximum absolute atomic E-state index is 11.3. The summed E-state index contributed by atoms with van der Waals surface area (Å²) in [7, 11) is 0. The first-order chi connectivity index (χ1) is 7.13. The minimum absolute atomic E-state index is 0.0653. The number of rotatable bonds is 2. The number of aromatic amines is 2. The van der Waals surface area contributed by atoms with E-state index in [-0.39, 0.29) is 11.2 Å². The van der Waals surface area contributed by atoms with Crippen LogP contribution in [-0.4, -0.2) is 24.6 Å². The van der Waals surface area contributed by atoms with Gasteiger partial charge in [0.1, 0.15) is 5.65 Å². The molecule has 2 heterocycles. The number of hydrogen-bond acceptors (Lipinski definition) is 4. The Kier molecular flexibility index (Phi) is 2.01. The molecule has 78 valence electrons. The van der Waals surface area contributed by atoms with Crippen LogP contribution in [0.25, 0.3) is 11.2 Å². The van der Waals surface area contributed by atoms with Crippen LogP contribution in [0.1, 0.15) is 6.23 Å². The van der Waals surface area contributed by atoms with Gasteiger partial charge in [-0.3, -0.25) is 19.3 Å². The molecule has 0 fully saturated rings. The van der Waals surface area contributed by atoms with Crippen molar-refractivity contribution in [3.05, 3.63) is 39.8 Å². The van der Waals surface area contributed by atoms with E-state index in [4.69, 9.17) is 0 Å². The Balaban J connectivity index is 2.85. The smallest absolute Gasteiger partial charge is 0.327 e. The molecule has 7 heteroatoms. The fraction of sp³-hybridized carbons (Fsp3) is 0.125. The van der Waals surface area contributed by atoms with Crippen molar-refractivity contribution in [3.8, 4) is 0 Å². The first-order valence-corrected chi connectivity index (χ1v) is 4.13. The lowest BCUT2D eigenvalue weighted by molar-refractivity contribution is 0.158. The van der Waals surface area contributed by atoms with Gasteiger partial charge < -0.3 is 5.11 Å². The molecule has 7 nitrogen and oxygen atoms in total. The number of aliphatic hydroxyl groups excluding tert-OH is 1. The van der Waals surface area contributed by atoms with Gasteiger partial charge in [0.15, 0.2) is 11.7 Å². The zero-order chi connectivity index (χ0) is 11.0. The first kappa shape index (κ1) is 9.41. The summed E-state index contributed by atoms with van der Waals surface area (Å²) >= 11 is 0. The summed E-state index contributed by atoms with van der Waals surface area (Å²) in [5, 5.41) is 9.47. The molecule has 1 atom stereocenters. The van der Waals surface area contributed by atoms with E-state index in [1.807, 2.05) is 4.98 Å². The third kappa shape index (κ3) is 1.38. The van der Waals surface area contributed by atoms with Crippen LogP contribution in [0, 0.1) is 0 Å². The Labute approximate surface area is 82.7 Å². The quantitative estimate of drug-likeness (QED) is 0.556. The van der Waals surface area contributed by atoms with E-state index in [9.17, 15) is 14.7 Å². The molecule has 0 saturated carbocycles. The normalized spacial score (nSPS) is 12.9. The maximum atomic E-state index is 11.3. The molecule has 0 saturated heterocycles. The van der Waals surface area contributed by atoms with Crippen molar-refractivity contribution in [3.63, 3.8) is 0 Å². The van der Waals surface area contributed by atoms with Gasteiger partial charge in [-0.1, -0.05) is 6.58 Å². The fourth-order valence-electron chi connectivity index (χ4n) is 1.27. The van der Waals surface area contributed by atoms with E-state index in [0.29, 0.717) is 0 Å². The molecule has 3 N–H and O–H groups in total. The van der Waals surface area contributed by atoms with E-state index >= 15 is 0 Å². The molecule has 0 bridgehead atoms. The van der Waals surface area contributed by atoms with E-state index in [1.165, 1.54) is 17.0 Å². The molecule has 1 unspecified atom stereocenters. The van der Waals surface area contributed by atoms with Crippen LogP contribution >= 0.6 is 0 Å². The fourth-order valence-corrected chi connectivity index (χ4v) is 1.27. The molecule has 0 spiro atoms. The number of nitrogens with one attached hydrogen (secondary N) is 2. The molecule has 15 heavy (non-hydrogen) atoms. The molecule has 2 rings (SSSR count). The lowest BCUT2D eigenvalue weighted by Gasteiger charge is -2.06. The number of fused-ring (bicyclic) bond motifs is 1. The number of H-pyrrole nitrogens is 2. The van der Waals surface area contributed by atoms with Crippen molar-refractivity contribution in [1.29, 1.82) is 0 Å². The second-order valence-electron chi connectivity index (χ2n) is 2.91. The highest BCUT2D eigenvalue weighted by Gasteiger charge is 2.11. The first-order valence-electron chi connectivity index (χ1n) is 4.13. The molecule has 2 aromatic rings. The van der Waals surface area contributed by atoms with Crippen LogP contribution in [0.2, 0.25) is 0 Å². The Hall–Kier alpha value is -2.15. The maximum Gasteiger partial charge on any atom is 0.327 e. The Morgan fingerprint density at radius 3 is 2.93 bits per heavy atom.